The molecule has 4 atom stereocenters. The lowest BCUT2D eigenvalue weighted by atomic mass is 9.76. The van der Waals surface area contributed by atoms with Gasteiger partial charge in [-0.15, -0.1) is 0 Å². The fraction of sp³-hybridized carbons (Fsp3) is 1.00. The summed E-state index contributed by atoms with van der Waals surface area (Å²) < 4.78 is 5.98. The van der Waals surface area contributed by atoms with Gasteiger partial charge in [0.15, 0.2) is 0 Å². The van der Waals surface area contributed by atoms with Crippen LogP contribution in [-0.4, -0.2) is 24.3 Å². The zero-order valence-electron chi connectivity index (χ0n) is 9.84. The first kappa shape index (κ1) is 10.4. The van der Waals surface area contributed by atoms with Crippen molar-refractivity contribution in [3.8, 4) is 0 Å². The Balaban J connectivity index is 2.06. The lowest BCUT2D eigenvalue weighted by molar-refractivity contribution is -0.0920. The normalized spacial score (nSPS) is 47.1. The summed E-state index contributed by atoms with van der Waals surface area (Å²) in [5, 5.41) is 3.74. The zero-order valence-corrected chi connectivity index (χ0v) is 9.84. The molecule has 2 aliphatic rings. The third kappa shape index (κ3) is 1.96. The van der Waals surface area contributed by atoms with E-state index < -0.39 is 0 Å². The summed E-state index contributed by atoms with van der Waals surface area (Å²) in [5.74, 6) is 1.58. The Kier molecular flexibility index (Phi) is 2.61. The van der Waals surface area contributed by atoms with Crippen LogP contribution in [0.25, 0.3) is 0 Å². The van der Waals surface area contributed by atoms with Gasteiger partial charge in [-0.2, -0.15) is 0 Å². The quantitative estimate of drug-likeness (QED) is 0.642. The van der Waals surface area contributed by atoms with Gasteiger partial charge in [-0.3, -0.25) is 0 Å². The molecule has 0 aromatic carbocycles. The van der Waals surface area contributed by atoms with E-state index in [4.69, 9.17) is 4.74 Å². The molecule has 0 spiro atoms. The molecule has 1 heterocycles. The summed E-state index contributed by atoms with van der Waals surface area (Å²) in [4.78, 5) is 0. The summed E-state index contributed by atoms with van der Waals surface area (Å²) in [5.41, 5.74) is 0.163. The van der Waals surface area contributed by atoms with E-state index in [2.05, 4.69) is 33.0 Å². The predicted molar refractivity (Wildman–Crippen MR) is 58.3 cm³/mol. The molecule has 0 amide bonds. The van der Waals surface area contributed by atoms with E-state index in [1.54, 1.807) is 0 Å². The maximum atomic E-state index is 5.98. The molecule has 2 heteroatoms. The van der Waals surface area contributed by atoms with Crippen LogP contribution in [0.15, 0.2) is 0 Å². The molecule has 1 saturated carbocycles. The van der Waals surface area contributed by atoms with Crippen molar-refractivity contribution in [3.63, 3.8) is 0 Å². The van der Waals surface area contributed by atoms with Crippen LogP contribution in [-0.2, 0) is 4.74 Å². The topological polar surface area (TPSA) is 21.3 Å². The van der Waals surface area contributed by atoms with Crippen LogP contribution in [0.5, 0.6) is 0 Å². The van der Waals surface area contributed by atoms with E-state index in [-0.39, 0.29) is 5.54 Å². The third-order valence-corrected chi connectivity index (χ3v) is 3.64. The van der Waals surface area contributed by atoms with Crippen LogP contribution < -0.4 is 5.32 Å². The van der Waals surface area contributed by atoms with Gasteiger partial charge < -0.3 is 10.1 Å². The molecule has 0 aromatic rings. The van der Waals surface area contributed by atoms with Gasteiger partial charge >= 0.3 is 0 Å². The first-order chi connectivity index (χ1) is 6.48. The first-order valence-electron chi connectivity index (χ1n) is 5.87. The number of nitrogens with one attached hydrogen (secondary N) is 1. The van der Waals surface area contributed by atoms with Gasteiger partial charge in [0.1, 0.15) is 0 Å². The molecule has 2 nitrogen and oxygen atoms in total. The van der Waals surface area contributed by atoms with Crippen molar-refractivity contribution in [2.45, 2.75) is 58.2 Å². The van der Waals surface area contributed by atoms with Gasteiger partial charge in [-0.05, 0) is 38.5 Å². The standard InChI is InChI=1S/C12H23NO/c1-8-5-9(2)11-10(6-8)14-7-12(3,4)13-11/h8-11,13H,5-7H2,1-4H3. The second kappa shape index (κ2) is 3.49. The van der Waals surface area contributed by atoms with E-state index in [0.717, 1.165) is 18.4 Å². The van der Waals surface area contributed by atoms with Crippen molar-refractivity contribution in [3.05, 3.63) is 0 Å². The molecule has 2 fully saturated rings. The van der Waals surface area contributed by atoms with E-state index in [1.165, 1.54) is 12.8 Å². The predicted octanol–water partition coefficient (Wildman–Crippen LogP) is 2.19. The fourth-order valence-electron chi connectivity index (χ4n) is 3.00. The smallest absolute Gasteiger partial charge is 0.0734 e. The monoisotopic (exact) mass is 197 g/mol. The molecule has 2 rings (SSSR count). The first-order valence-corrected chi connectivity index (χ1v) is 5.87. The molecule has 1 aliphatic heterocycles. The van der Waals surface area contributed by atoms with Crippen LogP contribution >= 0.6 is 0 Å². The summed E-state index contributed by atoms with van der Waals surface area (Å²) in [7, 11) is 0. The summed E-state index contributed by atoms with van der Waals surface area (Å²) in [6.45, 7) is 10.0. The number of morpholine rings is 1. The van der Waals surface area contributed by atoms with Crippen LogP contribution in [0.4, 0.5) is 0 Å². The van der Waals surface area contributed by atoms with E-state index >= 15 is 0 Å². The Labute approximate surface area is 87.4 Å². The number of ether oxygens (including phenoxy) is 1. The van der Waals surface area contributed by atoms with Crippen molar-refractivity contribution in [2.75, 3.05) is 6.61 Å². The average molecular weight is 197 g/mol. The Hall–Kier alpha value is -0.0800. The van der Waals surface area contributed by atoms with Crippen LogP contribution in [0.3, 0.4) is 0 Å². The third-order valence-electron chi connectivity index (χ3n) is 3.64. The van der Waals surface area contributed by atoms with E-state index in [1.807, 2.05) is 0 Å². The maximum Gasteiger partial charge on any atom is 0.0734 e. The molecule has 0 radical (unpaired) electrons. The zero-order chi connectivity index (χ0) is 10.3. The Morgan fingerprint density at radius 1 is 1.21 bits per heavy atom. The van der Waals surface area contributed by atoms with Crippen molar-refractivity contribution in [1.29, 1.82) is 0 Å². The molecule has 82 valence electrons. The van der Waals surface area contributed by atoms with Gasteiger partial charge in [0.2, 0.25) is 0 Å². The van der Waals surface area contributed by atoms with Crippen LogP contribution in [0.2, 0.25) is 0 Å². The van der Waals surface area contributed by atoms with E-state index in [9.17, 15) is 0 Å². The lowest BCUT2D eigenvalue weighted by Crippen LogP contribution is -2.63. The SMILES string of the molecule is CC1CC(C)C2NC(C)(C)COC2C1. The molecular weight excluding hydrogens is 174 g/mol. The van der Waals surface area contributed by atoms with E-state index in [0.29, 0.717) is 12.1 Å². The molecule has 4 unspecified atom stereocenters. The van der Waals surface area contributed by atoms with Crippen LogP contribution in [0.1, 0.15) is 40.5 Å². The Bertz CT molecular complexity index is 214. The Morgan fingerprint density at radius 2 is 1.93 bits per heavy atom. The Morgan fingerprint density at radius 3 is 2.64 bits per heavy atom. The van der Waals surface area contributed by atoms with Crippen molar-refractivity contribution in [1.82, 2.24) is 5.32 Å². The van der Waals surface area contributed by atoms with Crippen molar-refractivity contribution < 1.29 is 4.74 Å². The second-order valence-corrected chi connectivity index (χ2v) is 5.96. The number of fused-ring (bicyclic) bond motifs is 1. The lowest BCUT2D eigenvalue weighted by Gasteiger charge is -2.48. The fourth-order valence-corrected chi connectivity index (χ4v) is 3.00. The molecule has 0 aromatic heterocycles. The maximum absolute atomic E-state index is 5.98. The minimum Gasteiger partial charge on any atom is -0.375 e. The minimum absolute atomic E-state index is 0.163. The van der Waals surface area contributed by atoms with Gasteiger partial charge in [0.25, 0.3) is 0 Å². The summed E-state index contributed by atoms with van der Waals surface area (Å²) in [6.07, 6.45) is 3.04. The highest BCUT2D eigenvalue weighted by atomic mass is 16.5. The molecule has 1 aliphatic carbocycles. The number of rotatable bonds is 0. The largest absolute Gasteiger partial charge is 0.375 e. The van der Waals surface area contributed by atoms with Gasteiger partial charge in [-0.1, -0.05) is 13.8 Å². The number of hydrogen-bond acceptors (Lipinski definition) is 2. The molecule has 14 heavy (non-hydrogen) atoms. The highest BCUT2D eigenvalue weighted by Gasteiger charge is 2.41. The van der Waals surface area contributed by atoms with Gasteiger partial charge in [0, 0.05) is 11.6 Å². The van der Waals surface area contributed by atoms with Gasteiger partial charge in [0.05, 0.1) is 12.7 Å². The van der Waals surface area contributed by atoms with Crippen molar-refractivity contribution >= 4 is 0 Å². The highest BCUT2D eigenvalue weighted by molar-refractivity contribution is 4.97. The van der Waals surface area contributed by atoms with Gasteiger partial charge in [-0.25, -0.2) is 0 Å². The summed E-state index contributed by atoms with van der Waals surface area (Å²) in [6, 6.07) is 0.579. The minimum atomic E-state index is 0.163. The highest BCUT2D eigenvalue weighted by Crippen LogP contribution is 2.34. The second-order valence-electron chi connectivity index (χ2n) is 5.96. The molecule has 1 N–H and O–H groups in total. The summed E-state index contributed by atoms with van der Waals surface area (Å²) >= 11 is 0. The average Bonchev–Trinajstić information content (AvgIpc) is 2.06. The number of hydrogen-bond donors (Lipinski definition) is 1. The molecule has 1 saturated heterocycles. The van der Waals surface area contributed by atoms with Crippen molar-refractivity contribution in [2.24, 2.45) is 11.8 Å². The molecular formula is C12H23NO. The molecule has 0 bridgehead atoms. The van der Waals surface area contributed by atoms with Crippen LogP contribution in [0, 0.1) is 11.8 Å².